The van der Waals surface area contributed by atoms with E-state index in [1.165, 1.54) is 12.1 Å². The van der Waals surface area contributed by atoms with Gasteiger partial charge >= 0.3 is 0 Å². The van der Waals surface area contributed by atoms with Crippen molar-refractivity contribution in [1.29, 1.82) is 0 Å². The fourth-order valence-electron chi connectivity index (χ4n) is 3.52. The van der Waals surface area contributed by atoms with Gasteiger partial charge in [0.05, 0.1) is 11.9 Å². The predicted molar refractivity (Wildman–Crippen MR) is 109 cm³/mol. The molecule has 1 N–H and O–H groups in total. The summed E-state index contributed by atoms with van der Waals surface area (Å²) in [5.74, 6) is 0.385. The maximum atomic E-state index is 12.7. The molecule has 29 heavy (non-hydrogen) atoms. The summed E-state index contributed by atoms with van der Waals surface area (Å²) < 4.78 is 3.46. The SMILES string of the molecule is Cc1cc(=O)cc(C(=O)NC2CCN(c3nccc(-c4cnn(C)c4)n3)C2)n1C. The molecule has 0 aromatic carbocycles. The number of anilines is 1. The van der Waals surface area contributed by atoms with E-state index in [0.717, 1.165) is 29.9 Å². The monoisotopic (exact) mass is 393 g/mol. The number of nitrogens with zero attached hydrogens (tertiary/aromatic N) is 6. The van der Waals surface area contributed by atoms with E-state index in [4.69, 9.17) is 0 Å². The fourth-order valence-corrected chi connectivity index (χ4v) is 3.52. The largest absolute Gasteiger partial charge is 0.346 e. The normalized spacial score (nSPS) is 16.2. The lowest BCUT2D eigenvalue weighted by Gasteiger charge is -2.18. The third-order valence-electron chi connectivity index (χ3n) is 5.20. The van der Waals surface area contributed by atoms with E-state index in [1.807, 2.05) is 26.2 Å². The van der Waals surface area contributed by atoms with Crippen molar-refractivity contribution in [3.8, 4) is 11.3 Å². The smallest absolute Gasteiger partial charge is 0.268 e. The van der Waals surface area contributed by atoms with Crippen LogP contribution in [0.5, 0.6) is 0 Å². The highest BCUT2D eigenvalue weighted by Crippen LogP contribution is 2.21. The standard InChI is InChI=1S/C20H23N7O2/c1-13-8-16(28)9-18(26(13)3)19(29)23-15-5-7-27(12-15)20-21-6-4-17(24-20)14-10-22-25(2)11-14/h4,6,8-11,15H,5,7,12H2,1-3H3,(H,23,29). The first-order chi connectivity index (χ1) is 13.9. The second-order valence-corrected chi connectivity index (χ2v) is 7.33. The third kappa shape index (κ3) is 3.89. The third-order valence-corrected chi connectivity index (χ3v) is 5.20. The number of rotatable bonds is 4. The van der Waals surface area contributed by atoms with Gasteiger partial charge in [0, 0.05) is 69.0 Å². The summed E-state index contributed by atoms with van der Waals surface area (Å²) in [6.07, 6.45) is 6.20. The summed E-state index contributed by atoms with van der Waals surface area (Å²) in [5.41, 5.74) is 2.69. The van der Waals surface area contributed by atoms with Crippen LogP contribution >= 0.6 is 0 Å². The summed E-state index contributed by atoms with van der Waals surface area (Å²) >= 11 is 0. The Labute approximate surface area is 168 Å². The number of nitrogens with one attached hydrogen (secondary N) is 1. The Bertz CT molecular complexity index is 1120. The Hall–Kier alpha value is -3.49. The average Bonchev–Trinajstić information content (AvgIpc) is 3.34. The molecule has 1 saturated heterocycles. The molecular formula is C20H23N7O2. The number of hydrogen-bond donors (Lipinski definition) is 1. The van der Waals surface area contributed by atoms with Crippen LogP contribution in [0, 0.1) is 6.92 Å². The molecule has 0 saturated carbocycles. The zero-order valence-corrected chi connectivity index (χ0v) is 16.7. The molecule has 1 aliphatic heterocycles. The predicted octanol–water partition coefficient (Wildman–Crippen LogP) is 0.893. The van der Waals surface area contributed by atoms with E-state index in [9.17, 15) is 9.59 Å². The van der Waals surface area contributed by atoms with E-state index in [2.05, 4.69) is 25.3 Å². The van der Waals surface area contributed by atoms with Crippen molar-refractivity contribution in [3.63, 3.8) is 0 Å². The van der Waals surface area contributed by atoms with Crippen LogP contribution in [0.15, 0.2) is 41.6 Å². The molecule has 9 nitrogen and oxygen atoms in total. The Morgan fingerprint density at radius 3 is 2.86 bits per heavy atom. The van der Waals surface area contributed by atoms with Crippen LogP contribution in [0.1, 0.15) is 22.6 Å². The van der Waals surface area contributed by atoms with Crippen LogP contribution in [0.25, 0.3) is 11.3 Å². The van der Waals surface area contributed by atoms with Crippen molar-refractivity contribution in [3.05, 3.63) is 58.4 Å². The zero-order valence-electron chi connectivity index (χ0n) is 16.7. The average molecular weight is 393 g/mol. The molecule has 4 rings (SSSR count). The van der Waals surface area contributed by atoms with Crippen molar-refractivity contribution in [2.45, 2.75) is 19.4 Å². The van der Waals surface area contributed by atoms with E-state index < -0.39 is 0 Å². The van der Waals surface area contributed by atoms with Crippen LogP contribution in [-0.4, -0.2) is 49.4 Å². The Morgan fingerprint density at radius 2 is 2.10 bits per heavy atom. The van der Waals surface area contributed by atoms with Crippen LogP contribution < -0.4 is 15.6 Å². The Kier molecular flexibility index (Phi) is 4.87. The molecule has 0 bridgehead atoms. The lowest BCUT2D eigenvalue weighted by Crippen LogP contribution is -2.39. The molecule has 0 radical (unpaired) electrons. The molecule has 150 valence electrons. The maximum Gasteiger partial charge on any atom is 0.268 e. The zero-order chi connectivity index (χ0) is 20.5. The van der Waals surface area contributed by atoms with Gasteiger partial charge in [0.2, 0.25) is 5.95 Å². The summed E-state index contributed by atoms with van der Waals surface area (Å²) in [6.45, 7) is 3.16. The minimum atomic E-state index is -0.245. The molecule has 4 heterocycles. The molecule has 9 heteroatoms. The molecular weight excluding hydrogens is 370 g/mol. The number of carbonyl (C=O) groups excluding carboxylic acids is 1. The highest BCUT2D eigenvalue weighted by atomic mass is 16.2. The number of amides is 1. The van der Waals surface area contributed by atoms with Crippen molar-refractivity contribution in [2.24, 2.45) is 14.1 Å². The van der Waals surface area contributed by atoms with Crippen molar-refractivity contribution in [2.75, 3.05) is 18.0 Å². The van der Waals surface area contributed by atoms with Gasteiger partial charge in [0.25, 0.3) is 5.91 Å². The first kappa shape index (κ1) is 18.9. The van der Waals surface area contributed by atoms with Crippen LogP contribution in [0.3, 0.4) is 0 Å². The van der Waals surface area contributed by atoms with Crippen molar-refractivity contribution in [1.82, 2.24) is 29.6 Å². The van der Waals surface area contributed by atoms with Crippen molar-refractivity contribution >= 4 is 11.9 Å². The Morgan fingerprint density at radius 1 is 1.28 bits per heavy atom. The van der Waals surface area contributed by atoms with Gasteiger partial charge in [-0.1, -0.05) is 0 Å². The van der Waals surface area contributed by atoms with Gasteiger partial charge in [-0.2, -0.15) is 5.10 Å². The lowest BCUT2D eigenvalue weighted by molar-refractivity contribution is 0.0931. The molecule has 0 aliphatic carbocycles. The molecule has 3 aromatic heterocycles. The summed E-state index contributed by atoms with van der Waals surface area (Å²) in [4.78, 5) is 35.5. The highest BCUT2D eigenvalue weighted by molar-refractivity contribution is 5.92. The summed E-state index contributed by atoms with van der Waals surface area (Å²) in [5, 5.41) is 7.21. The second-order valence-electron chi connectivity index (χ2n) is 7.33. The lowest BCUT2D eigenvalue weighted by atomic mass is 10.2. The van der Waals surface area contributed by atoms with E-state index >= 15 is 0 Å². The van der Waals surface area contributed by atoms with Crippen LogP contribution in [0.4, 0.5) is 5.95 Å². The van der Waals surface area contributed by atoms with Gasteiger partial charge in [-0.05, 0) is 19.4 Å². The number of carbonyl (C=O) groups is 1. The minimum Gasteiger partial charge on any atom is -0.346 e. The fraction of sp³-hybridized carbons (Fsp3) is 0.350. The summed E-state index contributed by atoms with van der Waals surface area (Å²) in [7, 11) is 3.64. The second kappa shape index (κ2) is 7.50. The van der Waals surface area contributed by atoms with E-state index in [1.54, 1.807) is 28.7 Å². The van der Waals surface area contributed by atoms with Gasteiger partial charge in [0.1, 0.15) is 5.69 Å². The molecule has 1 unspecified atom stereocenters. The first-order valence-corrected chi connectivity index (χ1v) is 9.46. The number of pyridine rings is 1. The molecule has 1 fully saturated rings. The van der Waals surface area contributed by atoms with E-state index in [-0.39, 0.29) is 17.4 Å². The molecule has 3 aromatic rings. The molecule has 1 aliphatic rings. The molecule has 0 spiro atoms. The van der Waals surface area contributed by atoms with Crippen molar-refractivity contribution < 1.29 is 4.79 Å². The number of aryl methyl sites for hydroxylation is 2. The van der Waals surface area contributed by atoms with Gasteiger partial charge < -0.3 is 14.8 Å². The van der Waals surface area contributed by atoms with Crippen LogP contribution in [-0.2, 0) is 14.1 Å². The number of hydrogen-bond acceptors (Lipinski definition) is 6. The van der Waals surface area contributed by atoms with Gasteiger partial charge in [0.15, 0.2) is 5.43 Å². The molecule has 1 atom stereocenters. The van der Waals surface area contributed by atoms with Gasteiger partial charge in [-0.3, -0.25) is 14.3 Å². The van der Waals surface area contributed by atoms with E-state index in [0.29, 0.717) is 18.2 Å². The quantitative estimate of drug-likeness (QED) is 0.707. The van der Waals surface area contributed by atoms with Gasteiger partial charge in [-0.25, -0.2) is 9.97 Å². The van der Waals surface area contributed by atoms with Gasteiger partial charge in [-0.15, -0.1) is 0 Å². The van der Waals surface area contributed by atoms with Crippen LogP contribution in [0.2, 0.25) is 0 Å². The topological polar surface area (TPSA) is 97.9 Å². The summed E-state index contributed by atoms with van der Waals surface area (Å²) in [6, 6.07) is 4.70. The first-order valence-electron chi connectivity index (χ1n) is 9.46. The number of aromatic nitrogens is 5. The highest BCUT2D eigenvalue weighted by Gasteiger charge is 2.27. The molecule has 1 amide bonds. The Balaban J connectivity index is 1.46. The maximum absolute atomic E-state index is 12.7. The minimum absolute atomic E-state index is 0.0382.